The molecule has 0 aromatic rings. The van der Waals surface area contributed by atoms with Gasteiger partial charge in [0.1, 0.15) is 0 Å². The van der Waals surface area contributed by atoms with Gasteiger partial charge < -0.3 is 15.5 Å². The Hall–Kier alpha value is -0.120. The summed E-state index contributed by atoms with van der Waals surface area (Å²) in [6.45, 7) is 5.59. The molecule has 0 spiro atoms. The minimum atomic E-state index is -0.560. The highest BCUT2D eigenvalue weighted by molar-refractivity contribution is 4.74. The summed E-state index contributed by atoms with van der Waals surface area (Å²) in [6, 6.07) is 0. The molecule has 3 N–H and O–H groups in total. The summed E-state index contributed by atoms with van der Waals surface area (Å²) in [5, 5.41) is 22.3. The van der Waals surface area contributed by atoms with Crippen LogP contribution in [0.1, 0.15) is 46.0 Å². The van der Waals surface area contributed by atoms with Crippen LogP contribution in [0.4, 0.5) is 0 Å². The van der Waals surface area contributed by atoms with Crippen molar-refractivity contribution in [3.63, 3.8) is 0 Å². The molecule has 0 unspecified atom stereocenters. The van der Waals surface area contributed by atoms with E-state index < -0.39 is 5.60 Å². The Morgan fingerprint density at radius 3 is 2.33 bits per heavy atom. The molecular formula is C12H25NO2. The van der Waals surface area contributed by atoms with Crippen LogP contribution in [0.25, 0.3) is 0 Å². The highest BCUT2D eigenvalue weighted by Crippen LogP contribution is 2.23. The van der Waals surface area contributed by atoms with Gasteiger partial charge in [-0.25, -0.2) is 0 Å². The number of rotatable bonds is 5. The SMILES string of the molecule is CC(C)(O)CCNCC1CCC(O)CC1. The molecule has 0 heterocycles. The van der Waals surface area contributed by atoms with Crippen LogP contribution in [-0.4, -0.2) is 35.0 Å². The summed E-state index contributed by atoms with van der Waals surface area (Å²) in [5.41, 5.74) is -0.560. The Labute approximate surface area is 92.9 Å². The van der Waals surface area contributed by atoms with Crippen LogP contribution in [-0.2, 0) is 0 Å². The number of hydrogen-bond donors (Lipinski definition) is 3. The molecule has 1 saturated carbocycles. The van der Waals surface area contributed by atoms with Gasteiger partial charge >= 0.3 is 0 Å². The van der Waals surface area contributed by atoms with Crippen molar-refractivity contribution >= 4 is 0 Å². The summed E-state index contributed by atoms with van der Waals surface area (Å²) in [7, 11) is 0. The molecule has 1 fully saturated rings. The smallest absolute Gasteiger partial charge is 0.0603 e. The van der Waals surface area contributed by atoms with Crippen LogP contribution in [0.15, 0.2) is 0 Å². The molecule has 0 amide bonds. The van der Waals surface area contributed by atoms with Gasteiger partial charge in [0, 0.05) is 0 Å². The maximum Gasteiger partial charge on any atom is 0.0603 e. The second-order valence-electron chi connectivity index (χ2n) is 5.44. The number of aliphatic hydroxyl groups is 2. The molecular weight excluding hydrogens is 190 g/mol. The summed E-state index contributed by atoms with van der Waals surface area (Å²) in [6.07, 6.45) is 4.92. The van der Waals surface area contributed by atoms with Gasteiger partial charge in [0.15, 0.2) is 0 Å². The average molecular weight is 215 g/mol. The standard InChI is InChI=1S/C12H25NO2/c1-12(2,15)7-8-13-9-10-3-5-11(14)6-4-10/h10-11,13-15H,3-9H2,1-2H3. The normalized spacial score (nSPS) is 28.0. The van der Waals surface area contributed by atoms with E-state index in [2.05, 4.69) is 5.32 Å². The Bertz CT molecular complexity index is 169. The van der Waals surface area contributed by atoms with Gasteiger partial charge in [-0.15, -0.1) is 0 Å². The molecule has 0 aliphatic heterocycles. The number of aliphatic hydroxyl groups excluding tert-OH is 1. The first-order chi connectivity index (χ1) is 6.97. The van der Waals surface area contributed by atoms with Crippen molar-refractivity contribution in [3.05, 3.63) is 0 Å². The van der Waals surface area contributed by atoms with Crippen LogP contribution in [0, 0.1) is 5.92 Å². The number of hydrogen-bond acceptors (Lipinski definition) is 3. The lowest BCUT2D eigenvalue weighted by Gasteiger charge is -2.26. The van der Waals surface area contributed by atoms with Crippen LogP contribution in [0.2, 0.25) is 0 Å². The maximum absolute atomic E-state index is 9.52. The first-order valence-electron chi connectivity index (χ1n) is 6.08. The predicted molar refractivity (Wildman–Crippen MR) is 61.7 cm³/mol. The molecule has 0 radical (unpaired) electrons. The van der Waals surface area contributed by atoms with Crippen LogP contribution < -0.4 is 5.32 Å². The molecule has 1 aliphatic carbocycles. The molecule has 0 atom stereocenters. The Balaban J connectivity index is 2.01. The number of nitrogens with one attached hydrogen (secondary N) is 1. The van der Waals surface area contributed by atoms with Crippen molar-refractivity contribution in [1.82, 2.24) is 5.32 Å². The largest absolute Gasteiger partial charge is 0.393 e. The van der Waals surface area contributed by atoms with Gasteiger partial charge in [-0.1, -0.05) is 0 Å². The van der Waals surface area contributed by atoms with Gasteiger partial charge in [-0.2, -0.15) is 0 Å². The lowest BCUT2D eigenvalue weighted by molar-refractivity contribution is 0.0700. The Morgan fingerprint density at radius 2 is 1.80 bits per heavy atom. The van der Waals surface area contributed by atoms with Crippen molar-refractivity contribution in [1.29, 1.82) is 0 Å². The fourth-order valence-corrected chi connectivity index (χ4v) is 2.05. The first kappa shape index (κ1) is 12.9. The highest BCUT2D eigenvalue weighted by atomic mass is 16.3. The second-order valence-corrected chi connectivity index (χ2v) is 5.44. The van der Waals surface area contributed by atoms with E-state index in [1.54, 1.807) is 0 Å². The fraction of sp³-hybridized carbons (Fsp3) is 1.00. The summed E-state index contributed by atoms with van der Waals surface area (Å²) < 4.78 is 0. The Kier molecular flexibility index (Phi) is 5.03. The quantitative estimate of drug-likeness (QED) is 0.606. The van der Waals surface area contributed by atoms with E-state index >= 15 is 0 Å². The predicted octanol–water partition coefficient (Wildman–Crippen LogP) is 1.29. The third kappa shape index (κ3) is 6.13. The third-order valence-electron chi connectivity index (χ3n) is 3.16. The third-order valence-corrected chi connectivity index (χ3v) is 3.16. The van der Waals surface area contributed by atoms with Crippen LogP contribution in [0.3, 0.4) is 0 Å². The summed E-state index contributed by atoms with van der Waals surface area (Å²) in [4.78, 5) is 0. The lowest BCUT2D eigenvalue weighted by Crippen LogP contribution is -2.31. The molecule has 15 heavy (non-hydrogen) atoms. The van der Waals surface area contributed by atoms with Crippen LogP contribution in [0.5, 0.6) is 0 Å². The molecule has 0 aromatic heterocycles. The summed E-state index contributed by atoms with van der Waals surface area (Å²) in [5.74, 6) is 0.718. The average Bonchev–Trinajstić information content (AvgIpc) is 2.14. The topological polar surface area (TPSA) is 52.5 Å². The van der Waals surface area contributed by atoms with E-state index in [0.29, 0.717) is 0 Å². The van der Waals surface area contributed by atoms with Crippen LogP contribution >= 0.6 is 0 Å². The molecule has 0 saturated heterocycles. The molecule has 0 bridgehead atoms. The van der Waals surface area contributed by atoms with E-state index in [9.17, 15) is 10.2 Å². The summed E-state index contributed by atoms with van der Waals surface area (Å²) >= 11 is 0. The van der Waals surface area contributed by atoms with Gasteiger partial charge in [-0.05, 0) is 65.0 Å². The van der Waals surface area contributed by atoms with E-state index in [-0.39, 0.29) is 6.10 Å². The first-order valence-corrected chi connectivity index (χ1v) is 6.08. The van der Waals surface area contributed by atoms with Crippen molar-refractivity contribution in [3.8, 4) is 0 Å². The zero-order valence-corrected chi connectivity index (χ0v) is 10.00. The molecule has 1 rings (SSSR count). The van der Waals surface area contributed by atoms with Gasteiger partial charge in [0.25, 0.3) is 0 Å². The molecule has 0 aromatic carbocycles. The maximum atomic E-state index is 9.52. The highest BCUT2D eigenvalue weighted by Gasteiger charge is 2.19. The van der Waals surface area contributed by atoms with E-state index in [1.807, 2.05) is 13.8 Å². The van der Waals surface area contributed by atoms with Crippen molar-refractivity contribution in [2.24, 2.45) is 5.92 Å². The van der Waals surface area contributed by atoms with E-state index in [4.69, 9.17) is 0 Å². The van der Waals surface area contributed by atoms with Gasteiger partial charge in [-0.3, -0.25) is 0 Å². The Morgan fingerprint density at radius 1 is 1.20 bits per heavy atom. The fourth-order valence-electron chi connectivity index (χ4n) is 2.05. The zero-order valence-electron chi connectivity index (χ0n) is 10.00. The lowest BCUT2D eigenvalue weighted by atomic mass is 9.87. The molecule has 3 heteroatoms. The van der Waals surface area contributed by atoms with Gasteiger partial charge in [0.05, 0.1) is 11.7 Å². The minimum Gasteiger partial charge on any atom is -0.393 e. The van der Waals surface area contributed by atoms with Crippen molar-refractivity contribution in [2.45, 2.75) is 57.7 Å². The zero-order chi connectivity index (χ0) is 11.3. The molecule has 1 aliphatic rings. The van der Waals surface area contributed by atoms with Crippen molar-refractivity contribution in [2.75, 3.05) is 13.1 Å². The second kappa shape index (κ2) is 5.83. The van der Waals surface area contributed by atoms with Gasteiger partial charge in [0.2, 0.25) is 0 Å². The van der Waals surface area contributed by atoms with E-state index in [0.717, 1.165) is 51.1 Å². The molecule has 90 valence electrons. The molecule has 3 nitrogen and oxygen atoms in total. The minimum absolute atomic E-state index is 0.0578. The van der Waals surface area contributed by atoms with E-state index in [1.165, 1.54) is 0 Å². The monoisotopic (exact) mass is 215 g/mol. The van der Waals surface area contributed by atoms with Crippen molar-refractivity contribution < 1.29 is 10.2 Å².